The molecule has 3 heteroatoms. The maximum absolute atomic E-state index is 3.31. The molecule has 0 aromatic carbocycles. The van der Waals surface area contributed by atoms with Crippen molar-refractivity contribution in [2.24, 2.45) is 0 Å². The third kappa shape index (κ3) is 2.30. The van der Waals surface area contributed by atoms with Crippen molar-refractivity contribution >= 4 is 0 Å². The zero-order valence-electron chi connectivity index (χ0n) is 5.91. The highest BCUT2D eigenvalue weighted by molar-refractivity contribution is 4.69. The lowest BCUT2D eigenvalue weighted by molar-refractivity contribution is 0.445. The molecule has 0 spiro atoms. The van der Waals surface area contributed by atoms with Crippen LogP contribution in [-0.4, -0.2) is 25.9 Å². The first-order valence-electron chi connectivity index (χ1n) is 3.63. The quantitative estimate of drug-likeness (QED) is 0.479. The molecule has 1 fully saturated rings. The summed E-state index contributed by atoms with van der Waals surface area (Å²) in [5.74, 6) is 0. The molecule has 9 heavy (non-hydrogen) atoms. The van der Waals surface area contributed by atoms with E-state index in [1.54, 1.807) is 0 Å². The Kier molecular flexibility index (Phi) is 2.97. The molecule has 0 aliphatic carbocycles. The molecule has 1 saturated heterocycles. The van der Waals surface area contributed by atoms with Gasteiger partial charge in [-0.3, -0.25) is 16.0 Å². The van der Waals surface area contributed by atoms with E-state index in [2.05, 4.69) is 22.9 Å². The van der Waals surface area contributed by atoms with Crippen LogP contribution in [0.15, 0.2) is 0 Å². The second kappa shape index (κ2) is 3.82. The van der Waals surface area contributed by atoms with Crippen LogP contribution in [0.25, 0.3) is 0 Å². The van der Waals surface area contributed by atoms with Crippen molar-refractivity contribution in [3.05, 3.63) is 0 Å². The Morgan fingerprint density at radius 3 is 2.67 bits per heavy atom. The van der Waals surface area contributed by atoms with Crippen molar-refractivity contribution in [3.63, 3.8) is 0 Å². The van der Waals surface area contributed by atoms with Gasteiger partial charge in [0.15, 0.2) is 0 Å². The minimum Gasteiger partial charge on any atom is -0.290 e. The molecular formula is C6H15N3. The first kappa shape index (κ1) is 6.99. The van der Waals surface area contributed by atoms with Gasteiger partial charge in [0.2, 0.25) is 0 Å². The third-order valence-electron chi connectivity index (χ3n) is 1.42. The van der Waals surface area contributed by atoms with Crippen LogP contribution < -0.4 is 16.0 Å². The average molecular weight is 129 g/mol. The van der Waals surface area contributed by atoms with Gasteiger partial charge in [-0.05, 0) is 13.0 Å². The van der Waals surface area contributed by atoms with E-state index in [9.17, 15) is 0 Å². The van der Waals surface area contributed by atoms with Gasteiger partial charge in [-0.2, -0.15) is 0 Å². The van der Waals surface area contributed by atoms with Gasteiger partial charge < -0.3 is 0 Å². The Bertz CT molecular complexity index is 68.7. The smallest absolute Gasteiger partial charge is 0.112 e. The Balaban J connectivity index is 1.98. The minimum absolute atomic E-state index is 0.366. The second-order valence-corrected chi connectivity index (χ2v) is 2.30. The van der Waals surface area contributed by atoms with Crippen LogP contribution in [0.5, 0.6) is 0 Å². The fourth-order valence-electron chi connectivity index (χ4n) is 0.938. The van der Waals surface area contributed by atoms with Crippen LogP contribution in [0.2, 0.25) is 0 Å². The Hall–Kier alpha value is -0.120. The molecule has 1 heterocycles. The van der Waals surface area contributed by atoms with Gasteiger partial charge >= 0.3 is 0 Å². The standard InChI is InChI=1S/C6H15N3/c1-2-3-7-6-8-4-5-9-6/h6-9H,2-5H2,1H3. The van der Waals surface area contributed by atoms with E-state index in [-0.39, 0.29) is 0 Å². The minimum atomic E-state index is 0.366. The number of hydrogen-bond acceptors (Lipinski definition) is 3. The highest BCUT2D eigenvalue weighted by Gasteiger charge is 2.09. The lowest BCUT2D eigenvalue weighted by atomic mass is 10.5. The van der Waals surface area contributed by atoms with Crippen molar-refractivity contribution in [1.29, 1.82) is 0 Å². The van der Waals surface area contributed by atoms with E-state index in [4.69, 9.17) is 0 Å². The van der Waals surface area contributed by atoms with E-state index >= 15 is 0 Å². The molecule has 0 amide bonds. The summed E-state index contributed by atoms with van der Waals surface area (Å²) in [7, 11) is 0. The SMILES string of the molecule is CCCNC1NCCN1. The van der Waals surface area contributed by atoms with Crippen molar-refractivity contribution in [2.75, 3.05) is 19.6 Å². The number of nitrogens with one attached hydrogen (secondary N) is 3. The summed E-state index contributed by atoms with van der Waals surface area (Å²) in [4.78, 5) is 0. The molecule has 1 aliphatic heterocycles. The molecule has 54 valence electrons. The van der Waals surface area contributed by atoms with Crippen LogP contribution in [0.3, 0.4) is 0 Å². The van der Waals surface area contributed by atoms with Crippen molar-refractivity contribution in [3.8, 4) is 0 Å². The van der Waals surface area contributed by atoms with Gasteiger partial charge in [0.1, 0.15) is 6.29 Å². The van der Waals surface area contributed by atoms with Gasteiger partial charge in [0.05, 0.1) is 0 Å². The molecule has 0 aromatic heterocycles. The molecule has 0 atom stereocenters. The predicted molar refractivity (Wildman–Crippen MR) is 38.1 cm³/mol. The zero-order chi connectivity index (χ0) is 6.53. The maximum Gasteiger partial charge on any atom is 0.112 e. The Morgan fingerprint density at radius 2 is 2.11 bits per heavy atom. The normalized spacial score (nSPS) is 21.0. The van der Waals surface area contributed by atoms with Crippen LogP contribution in [0.4, 0.5) is 0 Å². The monoisotopic (exact) mass is 129 g/mol. The predicted octanol–water partition coefficient (Wildman–Crippen LogP) is -0.538. The summed E-state index contributed by atoms with van der Waals surface area (Å²) >= 11 is 0. The highest BCUT2D eigenvalue weighted by atomic mass is 15.3. The fraction of sp³-hybridized carbons (Fsp3) is 1.00. The van der Waals surface area contributed by atoms with E-state index in [1.807, 2.05) is 0 Å². The van der Waals surface area contributed by atoms with Gasteiger partial charge in [-0.1, -0.05) is 6.92 Å². The van der Waals surface area contributed by atoms with E-state index in [1.165, 1.54) is 6.42 Å². The summed E-state index contributed by atoms with van der Waals surface area (Å²) in [6, 6.07) is 0. The van der Waals surface area contributed by atoms with Crippen molar-refractivity contribution in [2.45, 2.75) is 19.6 Å². The number of rotatable bonds is 3. The summed E-state index contributed by atoms with van der Waals surface area (Å²) in [6.45, 7) is 5.43. The molecule has 0 radical (unpaired) electrons. The Morgan fingerprint density at radius 1 is 1.44 bits per heavy atom. The summed E-state index contributed by atoms with van der Waals surface area (Å²) in [5.41, 5.74) is 0. The summed E-state index contributed by atoms with van der Waals surface area (Å²) < 4.78 is 0. The van der Waals surface area contributed by atoms with Gasteiger partial charge in [0.25, 0.3) is 0 Å². The molecule has 0 bridgehead atoms. The second-order valence-electron chi connectivity index (χ2n) is 2.30. The topological polar surface area (TPSA) is 36.1 Å². The highest BCUT2D eigenvalue weighted by Crippen LogP contribution is 1.80. The molecule has 0 saturated carbocycles. The maximum atomic E-state index is 3.31. The van der Waals surface area contributed by atoms with Crippen LogP contribution in [0.1, 0.15) is 13.3 Å². The molecule has 0 unspecified atom stereocenters. The first-order valence-corrected chi connectivity index (χ1v) is 3.63. The summed E-state index contributed by atoms with van der Waals surface area (Å²) in [6.07, 6.45) is 1.56. The van der Waals surface area contributed by atoms with Gasteiger partial charge in [-0.15, -0.1) is 0 Å². The molecular weight excluding hydrogens is 114 g/mol. The molecule has 3 nitrogen and oxygen atoms in total. The van der Waals surface area contributed by atoms with E-state index in [0.717, 1.165) is 19.6 Å². The van der Waals surface area contributed by atoms with Gasteiger partial charge in [0, 0.05) is 13.1 Å². The number of hydrogen-bond donors (Lipinski definition) is 3. The van der Waals surface area contributed by atoms with E-state index in [0.29, 0.717) is 6.29 Å². The summed E-state index contributed by atoms with van der Waals surface area (Å²) in [5, 5.41) is 9.85. The zero-order valence-corrected chi connectivity index (χ0v) is 5.91. The first-order chi connectivity index (χ1) is 4.43. The van der Waals surface area contributed by atoms with Crippen molar-refractivity contribution in [1.82, 2.24) is 16.0 Å². The van der Waals surface area contributed by atoms with Crippen LogP contribution >= 0.6 is 0 Å². The third-order valence-corrected chi connectivity index (χ3v) is 1.42. The van der Waals surface area contributed by atoms with Gasteiger partial charge in [-0.25, -0.2) is 0 Å². The molecule has 3 N–H and O–H groups in total. The lowest BCUT2D eigenvalue weighted by Gasteiger charge is -2.10. The molecule has 0 aromatic rings. The molecule has 1 aliphatic rings. The lowest BCUT2D eigenvalue weighted by Crippen LogP contribution is -2.45. The van der Waals surface area contributed by atoms with E-state index < -0.39 is 0 Å². The van der Waals surface area contributed by atoms with Crippen LogP contribution in [-0.2, 0) is 0 Å². The van der Waals surface area contributed by atoms with Crippen LogP contribution in [0, 0.1) is 0 Å². The Labute approximate surface area is 56.2 Å². The van der Waals surface area contributed by atoms with Crippen molar-refractivity contribution < 1.29 is 0 Å². The molecule has 1 rings (SSSR count). The average Bonchev–Trinajstić information content (AvgIpc) is 2.34. The largest absolute Gasteiger partial charge is 0.290 e. The fourth-order valence-corrected chi connectivity index (χ4v) is 0.938.